The van der Waals surface area contributed by atoms with Crippen molar-refractivity contribution in [3.63, 3.8) is 0 Å². The molecule has 106 valence electrons. The molecule has 19 heavy (non-hydrogen) atoms. The predicted octanol–water partition coefficient (Wildman–Crippen LogP) is 4.93. The summed E-state index contributed by atoms with van der Waals surface area (Å²) in [4.78, 5) is 12.0. The Morgan fingerprint density at radius 1 is 1.32 bits per heavy atom. The molecule has 0 amide bonds. The first-order chi connectivity index (χ1) is 8.91. The number of carboxylic acids is 1. The summed E-state index contributed by atoms with van der Waals surface area (Å²) in [6, 6.07) is 5.35. The summed E-state index contributed by atoms with van der Waals surface area (Å²) in [5.74, 6) is 0.956. The molecule has 2 nitrogen and oxygen atoms in total. The molecule has 1 aromatic carbocycles. The summed E-state index contributed by atoms with van der Waals surface area (Å²) in [5, 5.41) is 10.1. The second kappa shape index (κ2) is 8.30. The Morgan fingerprint density at radius 3 is 2.58 bits per heavy atom. The highest BCUT2D eigenvalue weighted by Crippen LogP contribution is 2.31. The second-order valence-electron chi connectivity index (χ2n) is 4.30. The highest BCUT2D eigenvalue weighted by atomic mass is 35.5. The van der Waals surface area contributed by atoms with Crippen LogP contribution in [-0.4, -0.2) is 27.8 Å². The molecule has 0 aromatic heterocycles. The molecule has 6 heteroatoms. The molecule has 0 aliphatic carbocycles. The Kier molecular flexibility index (Phi) is 7.44. The van der Waals surface area contributed by atoms with Gasteiger partial charge in [-0.1, -0.05) is 37.0 Å². The molecule has 1 rings (SSSR count). The number of halogens is 2. The third-order valence-corrected chi connectivity index (χ3v) is 5.92. The number of thioether (sulfide) groups is 2. The lowest BCUT2D eigenvalue weighted by atomic mass is 10.1. The fourth-order valence-electron chi connectivity index (χ4n) is 1.46. The topological polar surface area (TPSA) is 37.3 Å². The zero-order valence-corrected chi connectivity index (χ0v) is 13.9. The number of hydrogen-bond donors (Lipinski definition) is 1. The highest BCUT2D eigenvalue weighted by molar-refractivity contribution is 8.03. The van der Waals surface area contributed by atoms with Crippen LogP contribution in [0, 0.1) is 5.92 Å². The molecule has 1 N–H and O–H groups in total. The van der Waals surface area contributed by atoms with E-state index in [0.717, 1.165) is 16.4 Å². The van der Waals surface area contributed by atoms with Crippen LogP contribution in [0.15, 0.2) is 23.1 Å². The maximum absolute atomic E-state index is 11.0. The first-order valence-electron chi connectivity index (χ1n) is 5.84. The lowest BCUT2D eigenvalue weighted by Gasteiger charge is -2.15. The monoisotopic (exact) mass is 338 g/mol. The summed E-state index contributed by atoms with van der Waals surface area (Å²) < 4.78 is 0. The number of aliphatic carboxylic acids is 1. The van der Waals surface area contributed by atoms with Gasteiger partial charge in [0.15, 0.2) is 0 Å². The van der Waals surface area contributed by atoms with Gasteiger partial charge in [-0.15, -0.1) is 23.5 Å². The fraction of sp³-hybridized carbons (Fsp3) is 0.462. The molecule has 0 radical (unpaired) electrons. The molecule has 1 unspecified atom stereocenters. The number of hydrogen-bond acceptors (Lipinski definition) is 3. The molecule has 0 bridgehead atoms. The molecule has 1 atom stereocenters. The van der Waals surface area contributed by atoms with Gasteiger partial charge in [0.1, 0.15) is 5.25 Å². The first kappa shape index (κ1) is 17.0. The van der Waals surface area contributed by atoms with Crippen molar-refractivity contribution in [1.29, 1.82) is 0 Å². The standard InChI is InChI=1S/C13H16Cl2O2S2/c1-8(2)12(13(16)17)19-6-5-18-11-7-9(14)3-4-10(11)15/h3-4,7-8,12H,5-6H2,1-2H3,(H,16,17). The zero-order valence-electron chi connectivity index (χ0n) is 10.7. The van der Waals surface area contributed by atoms with Crippen LogP contribution in [0.3, 0.4) is 0 Å². The van der Waals surface area contributed by atoms with Gasteiger partial charge in [0.2, 0.25) is 0 Å². The summed E-state index contributed by atoms with van der Waals surface area (Å²) in [6.45, 7) is 3.85. The quantitative estimate of drug-likeness (QED) is 0.565. The van der Waals surface area contributed by atoms with E-state index >= 15 is 0 Å². The Bertz CT molecular complexity index is 439. The van der Waals surface area contributed by atoms with Crippen LogP contribution in [0.5, 0.6) is 0 Å². The van der Waals surface area contributed by atoms with Crippen molar-refractivity contribution in [3.05, 3.63) is 28.2 Å². The average molecular weight is 339 g/mol. The van der Waals surface area contributed by atoms with E-state index < -0.39 is 5.97 Å². The van der Waals surface area contributed by atoms with Crippen molar-refractivity contribution in [2.45, 2.75) is 24.0 Å². The third kappa shape index (κ3) is 5.86. The van der Waals surface area contributed by atoms with Crippen molar-refractivity contribution < 1.29 is 9.90 Å². The SMILES string of the molecule is CC(C)C(SCCSc1cc(Cl)ccc1Cl)C(=O)O. The van der Waals surface area contributed by atoms with Crippen LogP contribution in [0.1, 0.15) is 13.8 Å². The van der Waals surface area contributed by atoms with Crippen LogP contribution in [-0.2, 0) is 4.79 Å². The normalized spacial score (nSPS) is 12.7. The molecule has 0 aliphatic rings. The number of carbonyl (C=O) groups is 1. The number of carboxylic acid groups (broad SMARTS) is 1. The Labute approximate surface area is 132 Å². The van der Waals surface area contributed by atoms with E-state index in [1.165, 1.54) is 11.8 Å². The van der Waals surface area contributed by atoms with E-state index in [1.54, 1.807) is 23.9 Å². The van der Waals surface area contributed by atoms with Crippen LogP contribution >= 0.6 is 46.7 Å². The van der Waals surface area contributed by atoms with Crippen molar-refractivity contribution >= 4 is 52.7 Å². The van der Waals surface area contributed by atoms with Crippen LogP contribution in [0.25, 0.3) is 0 Å². The largest absolute Gasteiger partial charge is 0.480 e. The summed E-state index contributed by atoms with van der Waals surface area (Å²) in [5.41, 5.74) is 0. The molecule has 1 aromatic rings. The smallest absolute Gasteiger partial charge is 0.316 e. The Morgan fingerprint density at radius 2 is 2.00 bits per heavy atom. The van der Waals surface area contributed by atoms with E-state index in [1.807, 2.05) is 19.9 Å². The maximum Gasteiger partial charge on any atom is 0.316 e. The van der Waals surface area contributed by atoms with E-state index in [4.69, 9.17) is 28.3 Å². The van der Waals surface area contributed by atoms with Crippen molar-refractivity contribution in [2.75, 3.05) is 11.5 Å². The van der Waals surface area contributed by atoms with Gasteiger partial charge in [0, 0.05) is 21.4 Å². The number of benzene rings is 1. The van der Waals surface area contributed by atoms with Crippen molar-refractivity contribution in [2.24, 2.45) is 5.92 Å². The van der Waals surface area contributed by atoms with Gasteiger partial charge >= 0.3 is 5.97 Å². The van der Waals surface area contributed by atoms with E-state index in [0.29, 0.717) is 10.0 Å². The lowest BCUT2D eigenvalue weighted by molar-refractivity contribution is -0.137. The Balaban J connectivity index is 2.42. The van der Waals surface area contributed by atoms with Crippen LogP contribution in [0.2, 0.25) is 10.0 Å². The molecule has 0 spiro atoms. The number of rotatable bonds is 7. The first-order valence-corrected chi connectivity index (χ1v) is 8.63. The second-order valence-corrected chi connectivity index (χ2v) is 7.53. The minimum atomic E-state index is -0.745. The molecule has 0 saturated heterocycles. The van der Waals surface area contributed by atoms with Gasteiger partial charge in [-0.05, 0) is 24.1 Å². The van der Waals surface area contributed by atoms with Crippen molar-refractivity contribution in [1.82, 2.24) is 0 Å². The molecular weight excluding hydrogens is 323 g/mol. The minimum absolute atomic E-state index is 0.127. The summed E-state index contributed by atoms with van der Waals surface area (Å²) in [7, 11) is 0. The van der Waals surface area contributed by atoms with Gasteiger partial charge in [-0.3, -0.25) is 4.79 Å². The van der Waals surface area contributed by atoms with Gasteiger partial charge in [-0.25, -0.2) is 0 Å². The molecule has 0 saturated carbocycles. The molecule has 0 heterocycles. The molecule has 0 fully saturated rings. The highest BCUT2D eigenvalue weighted by Gasteiger charge is 2.21. The van der Waals surface area contributed by atoms with Crippen LogP contribution in [0.4, 0.5) is 0 Å². The summed E-state index contributed by atoms with van der Waals surface area (Å²) >= 11 is 15.0. The van der Waals surface area contributed by atoms with Gasteiger partial charge in [0.05, 0.1) is 5.02 Å². The summed E-state index contributed by atoms with van der Waals surface area (Å²) in [6.07, 6.45) is 0. The average Bonchev–Trinajstić information content (AvgIpc) is 2.32. The van der Waals surface area contributed by atoms with E-state index in [9.17, 15) is 4.79 Å². The van der Waals surface area contributed by atoms with Crippen LogP contribution < -0.4 is 0 Å². The zero-order chi connectivity index (χ0) is 14.4. The molecular formula is C13H16Cl2O2S2. The molecule has 0 aliphatic heterocycles. The lowest BCUT2D eigenvalue weighted by Crippen LogP contribution is -2.23. The van der Waals surface area contributed by atoms with Gasteiger partial charge in [-0.2, -0.15) is 0 Å². The third-order valence-electron chi connectivity index (χ3n) is 2.38. The van der Waals surface area contributed by atoms with Gasteiger partial charge in [0.25, 0.3) is 0 Å². The van der Waals surface area contributed by atoms with E-state index in [2.05, 4.69) is 0 Å². The predicted molar refractivity (Wildman–Crippen MR) is 85.9 cm³/mol. The Hall–Kier alpha value is -0.0300. The fourth-order valence-corrected chi connectivity index (χ4v) is 4.12. The maximum atomic E-state index is 11.0. The van der Waals surface area contributed by atoms with Gasteiger partial charge < -0.3 is 5.11 Å². The minimum Gasteiger partial charge on any atom is -0.480 e. The van der Waals surface area contributed by atoms with Crippen molar-refractivity contribution in [3.8, 4) is 0 Å². The van der Waals surface area contributed by atoms with E-state index in [-0.39, 0.29) is 11.2 Å².